The Balaban J connectivity index is 1.84. The van der Waals surface area contributed by atoms with Crippen molar-refractivity contribution >= 4 is 5.82 Å². The Morgan fingerprint density at radius 3 is 2.88 bits per heavy atom. The number of piperidine rings is 1. The van der Waals surface area contributed by atoms with Gasteiger partial charge < -0.3 is 10.2 Å². The van der Waals surface area contributed by atoms with Crippen molar-refractivity contribution in [3.8, 4) is 0 Å². The lowest BCUT2D eigenvalue weighted by Gasteiger charge is -2.28. The number of nitrogens with one attached hydrogen (secondary N) is 1. The van der Waals surface area contributed by atoms with Gasteiger partial charge in [-0.1, -0.05) is 0 Å². The fraction of sp³-hybridized carbons (Fsp3) is 0.667. The summed E-state index contributed by atoms with van der Waals surface area (Å²) in [6, 6.07) is 2.22. The molecule has 1 aromatic rings. The molecule has 0 unspecified atom stereocenters. The molecule has 1 fully saturated rings. The lowest BCUT2D eigenvalue weighted by atomic mass is 10.1. The number of aromatic nitrogens is 2. The predicted molar refractivity (Wildman–Crippen MR) is 63.5 cm³/mol. The fourth-order valence-corrected chi connectivity index (χ4v) is 2.51. The van der Waals surface area contributed by atoms with Gasteiger partial charge in [0, 0.05) is 32.6 Å². The van der Waals surface area contributed by atoms with E-state index in [4.69, 9.17) is 0 Å². The normalized spacial score (nSPS) is 20.6. The zero-order valence-electron chi connectivity index (χ0n) is 9.58. The van der Waals surface area contributed by atoms with E-state index >= 15 is 0 Å². The quantitative estimate of drug-likeness (QED) is 0.766. The van der Waals surface area contributed by atoms with Crippen LogP contribution in [0.1, 0.15) is 30.5 Å². The summed E-state index contributed by atoms with van der Waals surface area (Å²) in [6.45, 7) is 4.26. The van der Waals surface area contributed by atoms with E-state index < -0.39 is 0 Å². The third kappa shape index (κ3) is 1.89. The average Bonchev–Trinajstić information content (AvgIpc) is 2.39. The Bertz CT molecular complexity index is 371. The predicted octanol–water partition coefficient (Wildman–Crippen LogP) is 1.11. The summed E-state index contributed by atoms with van der Waals surface area (Å²) in [4.78, 5) is 2.37. The van der Waals surface area contributed by atoms with Gasteiger partial charge in [0.1, 0.15) is 0 Å². The Kier molecular flexibility index (Phi) is 2.74. The molecule has 1 aromatic heterocycles. The summed E-state index contributed by atoms with van der Waals surface area (Å²) in [5, 5.41) is 12.1. The zero-order valence-corrected chi connectivity index (χ0v) is 9.58. The fourth-order valence-electron chi connectivity index (χ4n) is 2.51. The number of hydrogen-bond donors (Lipinski definition) is 1. The van der Waals surface area contributed by atoms with Crippen LogP contribution in [0.3, 0.4) is 0 Å². The molecule has 0 spiro atoms. The van der Waals surface area contributed by atoms with Crippen molar-refractivity contribution in [1.29, 1.82) is 0 Å². The third-order valence-electron chi connectivity index (χ3n) is 3.48. The Labute approximate surface area is 96.1 Å². The second-order valence-corrected chi connectivity index (χ2v) is 4.65. The highest BCUT2D eigenvalue weighted by molar-refractivity contribution is 5.42. The van der Waals surface area contributed by atoms with Gasteiger partial charge in [-0.25, -0.2) is 0 Å². The largest absolute Gasteiger partial charge is 0.355 e. The van der Waals surface area contributed by atoms with Crippen LogP contribution < -0.4 is 10.2 Å². The van der Waals surface area contributed by atoms with Crippen LogP contribution in [0.2, 0.25) is 0 Å². The summed E-state index contributed by atoms with van der Waals surface area (Å²) < 4.78 is 0. The van der Waals surface area contributed by atoms with E-state index in [1.807, 2.05) is 0 Å². The van der Waals surface area contributed by atoms with E-state index in [0.29, 0.717) is 0 Å². The smallest absolute Gasteiger partial charge is 0.151 e. The minimum absolute atomic E-state index is 0.950. The molecule has 2 aliphatic heterocycles. The molecule has 1 saturated heterocycles. The van der Waals surface area contributed by atoms with E-state index in [2.05, 4.69) is 26.5 Å². The maximum atomic E-state index is 4.36. The van der Waals surface area contributed by atoms with Gasteiger partial charge >= 0.3 is 0 Å². The molecule has 0 bridgehead atoms. The third-order valence-corrected chi connectivity index (χ3v) is 3.48. The molecule has 0 saturated carbocycles. The molecule has 3 rings (SSSR count). The number of nitrogens with zero attached hydrogens (tertiary/aromatic N) is 3. The number of rotatable bonds is 1. The molecule has 0 radical (unpaired) electrons. The summed E-state index contributed by atoms with van der Waals surface area (Å²) in [5.74, 6) is 1.07. The molecule has 4 heteroatoms. The van der Waals surface area contributed by atoms with Crippen molar-refractivity contribution in [1.82, 2.24) is 15.5 Å². The summed E-state index contributed by atoms with van der Waals surface area (Å²) in [7, 11) is 0. The summed E-state index contributed by atoms with van der Waals surface area (Å²) in [6.07, 6.45) is 4.95. The summed E-state index contributed by atoms with van der Waals surface area (Å²) >= 11 is 0. The monoisotopic (exact) mass is 218 g/mol. The first-order valence-corrected chi connectivity index (χ1v) is 6.24. The SMILES string of the molecule is c1c(N2CCCCC2)nnc2c1CNCC2. The maximum Gasteiger partial charge on any atom is 0.151 e. The lowest BCUT2D eigenvalue weighted by molar-refractivity contribution is 0.565. The van der Waals surface area contributed by atoms with Gasteiger partial charge in [0.2, 0.25) is 0 Å². The van der Waals surface area contributed by atoms with Crippen LogP contribution in [0, 0.1) is 0 Å². The van der Waals surface area contributed by atoms with Gasteiger partial charge in [-0.2, -0.15) is 5.10 Å². The van der Waals surface area contributed by atoms with Crippen LogP contribution in [0.4, 0.5) is 5.82 Å². The van der Waals surface area contributed by atoms with Crippen molar-refractivity contribution in [3.05, 3.63) is 17.3 Å². The average molecular weight is 218 g/mol. The van der Waals surface area contributed by atoms with Gasteiger partial charge in [-0.3, -0.25) is 0 Å². The van der Waals surface area contributed by atoms with Crippen LogP contribution in [-0.2, 0) is 13.0 Å². The van der Waals surface area contributed by atoms with E-state index in [1.54, 1.807) is 0 Å². The highest BCUT2D eigenvalue weighted by atomic mass is 15.3. The van der Waals surface area contributed by atoms with Crippen LogP contribution >= 0.6 is 0 Å². The van der Waals surface area contributed by atoms with E-state index in [-0.39, 0.29) is 0 Å². The Morgan fingerprint density at radius 2 is 2.00 bits per heavy atom. The standard InChI is InChI=1S/C12H18N4/c1-2-6-16(7-3-1)12-8-10-9-13-5-4-11(10)14-15-12/h8,13H,1-7,9H2. The van der Waals surface area contributed by atoms with Crippen LogP contribution in [0.5, 0.6) is 0 Å². The Hall–Kier alpha value is -1.16. The van der Waals surface area contributed by atoms with Gasteiger partial charge in [0.25, 0.3) is 0 Å². The van der Waals surface area contributed by atoms with E-state index in [0.717, 1.165) is 38.4 Å². The minimum atomic E-state index is 0.950. The first-order valence-electron chi connectivity index (χ1n) is 6.24. The molecule has 16 heavy (non-hydrogen) atoms. The molecular formula is C12H18N4. The van der Waals surface area contributed by atoms with Crippen molar-refractivity contribution in [2.75, 3.05) is 24.5 Å². The highest BCUT2D eigenvalue weighted by Crippen LogP contribution is 2.20. The van der Waals surface area contributed by atoms with Crippen molar-refractivity contribution < 1.29 is 0 Å². The highest BCUT2D eigenvalue weighted by Gasteiger charge is 2.16. The molecule has 0 amide bonds. The van der Waals surface area contributed by atoms with Crippen molar-refractivity contribution in [2.45, 2.75) is 32.2 Å². The van der Waals surface area contributed by atoms with Gasteiger partial charge in [0.05, 0.1) is 5.69 Å². The molecular weight excluding hydrogens is 200 g/mol. The van der Waals surface area contributed by atoms with Crippen molar-refractivity contribution in [3.63, 3.8) is 0 Å². The van der Waals surface area contributed by atoms with E-state index in [1.165, 1.54) is 30.5 Å². The molecule has 4 nitrogen and oxygen atoms in total. The lowest BCUT2D eigenvalue weighted by Crippen LogP contribution is -2.32. The molecule has 3 heterocycles. The summed E-state index contributed by atoms with van der Waals surface area (Å²) in [5.41, 5.74) is 2.52. The zero-order chi connectivity index (χ0) is 10.8. The van der Waals surface area contributed by atoms with Crippen LogP contribution in [0.15, 0.2) is 6.07 Å². The first kappa shape index (κ1) is 10.0. The maximum absolute atomic E-state index is 4.36. The molecule has 1 N–H and O–H groups in total. The number of hydrogen-bond acceptors (Lipinski definition) is 4. The molecule has 0 aromatic carbocycles. The Morgan fingerprint density at radius 1 is 1.12 bits per heavy atom. The molecule has 0 atom stereocenters. The minimum Gasteiger partial charge on any atom is -0.355 e. The first-order chi connectivity index (χ1) is 7.93. The molecule has 86 valence electrons. The van der Waals surface area contributed by atoms with Crippen molar-refractivity contribution in [2.24, 2.45) is 0 Å². The second kappa shape index (κ2) is 4.37. The number of anilines is 1. The van der Waals surface area contributed by atoms with Gasteiger partial charge in [-0.05, 0) is 30.9 Å². The van der Waals surface area contributed by atoms with E-state index in [9.17, 15) is 0 Å². The topological polar surface area (TPSA) is 41.1 Å². The van der Waals surface area contributed by atoms with Gasteiger partial charge in [0.15, 0.2) is 5.82 Å². The van der Waals surface area contributed by atoms with Crippen LogP contribution in [-0.4, -0.2) is 29.8 Å². The number of fused-ring (bicyclic) bond motifs is 1. The molecule has 2 aliphatic rings. The van der Waals surface area contributed by atoms with Gasteiger partial charge in [-0.15, -0.1) is 5.10 Å². The molecule has 0 aliphatic carbocycles. The van der Waals surface area contributed by atoms with Crippen LogP contribution in [0.25, 0.3) is 0 Å². The second-order valence-electron chi connectivity index (χ2n) is 4.65.